The number of hydrogen-bond donors (Lipinski definition) is 1. The first-order chi connectivity index (χ1) is 12.4. The molecule has 0 heterocycles. The van der Waals surface area contributed by atoms with Crippen LogP contribution in [0.15, 0.2) is 48.0 Å². The van der Waals surface area contributed by atoms with Crippen LogP contribution in [0.2, 0.25) is 0 Å². The van der Waals surface area contributed by atoms with Gasteiger partial charge in [-0.15, -0.1) is 0 Å². The second-order valence-electron chi connectivity index (χ2n) is 5.13. The second kappa shape index (κ2) is 9.01. The van der Waals surface area contributed by atoms with Gasteiger partial charge in [-0.1, -0.05) is 6.07 Å². The Kier molecular flexibility index (Phi) is 6.74. The molecule has 0 aliphatic heterocycles. The van der Waals surface area contributed by atoms with Crippen molar-refractivity contribution >= 4 is 46.2 Å². The molecule has 0 aliphatic carbocycles. The summed E-state index contributed by atoms with van der Waals surface area (Å²) in [6.45, 7) is 1.29. The summed E-state index contributed by atoms with van der Waals surface area (Å²) in [5.74, 6) is -0.402. The van der Waals surface area contributed by atoms with Crippen molar-refractivity contribution in [2.75, 3.05) is 12.4 Å². The molecular weight excluding hydrogens is 447 g/mol. The van der Waals surface area contributed by atoms with Crippen LogP contribution in [-0.4, -0.2) is 19.0 Å². The van der Waals surface area contributed by atoms with Crippen molar-refractivity contribution in [1.82, 2.24) is 0 Å². The normalized spacial score (nSPS) is 10.6. The van der Waals surface area contributed by atoms with E-state index in [1.54, 1.807) is 24.3 Å². The minimum Gasteiger partial charge on any atom is -0.493 e. The summed E-state index contributed by atoms with van der Waals surface area (Å²) >= 11 is 2.16. The van der Waals surface area contributed by atoms with Crippen LogP contribution in [0.25, 0.3) is 6.08 Å². The quantitative estimate of drug-likeness (QED) is 0.240. The summed E-state index contributed by atoms with van der Waals surface area (Å²) in [5, 5.41) is 12.0. The number of anilines is 1. The van der Waals surface area contributed by atoms with Gasteiger partial charge in [0.15, 0.2) is 11.5 Å². The van der Waals surface area contributed by atoms with Gasteiger partial charge in [0.2, 0.25) is 0 Å². The van der Waals surface area contributed by atoms with Crippen LogP contribution in [-0.2, 0) is 9.59 Å². The minimum absolute atomic E-state index is 0.0640. The van der Waals surface area contributed by atoms with Gasteiger partial charge < -0.3 is 14.8 Å². The molecule has 7 heteroatoms. The molecule has 0 spiro atoms. The van der Waals surface area contributed by atoms with E-state index in [-0.39, 0.29) is 11.3 Å². The maximum atomic E-state index is 12.3. The molecule has 0 bridgehead atoms. The number of esters is 1. The number of carbonyl (C=O) groups is 2. The molecule has 0 atom stereocenters. The van der Waals surface area contributed by atoms with E-state index in [0.29, 0.717) is 17.0 Å². The molecule has 0 unspecified atom stereocenters. The van der Waals surface area contributed by atoms with E-state index in [1.807, 2.05) is 18.2 Å². The Bertz CT molecular complexity index is 899. The Morgan fingerprint density at radius 3 is 2.42 bits per heavy atom. The van der Waals surface area contributed by atoms with Gasteiger partial charge >= 0.3 is 5.97 Å². The van der Waals surface area contributed by atoms with E-state index in [4.69, 9.17) is 9.47 Å². The fourth-order valence-electron chi connectivity index (χ4n) is 2.06. The largest absolute Gasteiger partial charge is 0.493 e. The van der Waals surface area contributed by atoms with Gasteiger partial charge in [-0.2, -0.15) is 5.26 Å². The van der Waals surface area contributed by atoms with Gasteiger partial charge in [-0.3, -0.25) is 9.59 Å². The van der Waals surface area contributed by atoms with Crippen molar-refractivity contribution in [1.29, 1.82) is 5.26 Å². The van der Waals surface area contributed by atoms with E-state index >= 15 is 0 Å². The summed E-state index contributed by atoms with van der Waals surface area (Å²) in [6, 6.07) is 13.8. The van der Waals surface area contributed by atoms with E-state index < -0.39 is 11.9 Å². The fraction of sp³-hybridized carbons (Fsp3) is 0.105. The molecule has 6 nitrogen and oxygen atoms in total. The number of halogens is 1. The van der Waals surface area contributed by atoms with Crippen LogP contribution in [0, 0.1) is 14.9 Å². The van der Waals surface area contributed by atoms with E-state index in [1.165, 1.54) is 26.2 Å². The Morgan fingerprint density at radius 1 is 1.15 bits per heavy atom. The highest BCUT2D eigenvalue weighted by Gasteiger charge is 2.12. The average Bonchev–Trinajstić information content (AvgIpc) is 2.62. The molecule has 0 radical (unpaired) electrons. The zero-order valence-electron chi connectivity index (χ0n) is 14.1. The van der Waals surface area contributed by atoms with Crippen molar-refractivity contribution in [2.24, 2.45) is 0 Å². The summed E-state index contributed by atoms with van der Waals surface area (Å²) in [6.07, 6.45) is 1.43. The molecule has 1 amide bonds. The predicted octanol–water partition coefficient (Wildman–Crippen LogP) is 3.77. The first-order valence-corrected chi connectivity index (χ1v) is 8.56. The van der Waals surface area contributed by atoms with Gasteiger partial charge in [0.1, 0.15) is 11.6 Å². The first kappa shape index (κ1) is 19.5. The molecule has 2 aromatic rings. The van der Waals surface area contributed by atoms with Crippen LogP contribution in [0.1, 0.15) is 12.5 Å². The zero-order valence-corrected chi connectivity index (χ0v) is 16.2. The number of rotatable bonds is 5. The highest BCUT2D eigenvalue weighted by atomic mass is 127. The number of ether oxygens (including phenoxy) is 2. The smallest absolute Gasteiger partial charge is 0.308 e. The van der Waals surface area contributed by atoms with Crippen molar-refractivity contribution in [2.45, 2.75) is 6.92 Å². The molecular formula is C19H15IN2O4. The lowest BCUT2D eigenvalue weighted by molar-refractivity contribution is -0.132. The van der Waals surface area contributed by atoms with Crippen LogP contribution in [0.4, 0.5) is 5.69 Å². The highest BCUT2D eigenvalue weighted by molar-refractivity contribution is 14.1. The van der Waals surface area contributed by atoms with Crippen molar-refractivity contribution < 1.29 is 19.1 Å². The molecule has 0 saturated carbocycles. The van der Waals surface area contributed by atoms with Gasteiger partial charge in [-0.05, 0) is 70.6 Å². The number of nitrogens with one attached hydrogen (secondary N) is 1. The predicted molar refractivity (Wildman–Crippen MR) is 106 cm³/mol. The van der Waals surface area contributed by atoms with Gasteiger partial charge in [-0.25, -0.2) is 0 Å². The maximum absolute atomic E-state index is 12.3. The number of methoxy groups -OCH3 is 1. The Labute approximate surface area is 164 Å². The molecule has 1 N–H and O–H groups in total. The van der Waals surface area contributed by atoms with Crippen LogP contribution in [0.3, 0.4) is 0 Å². The lowest BCUT2D eigenvalue weighted by atomic mass is 10.1. The third-order valence-electron chi connectivity index (χ3n) is 3.22. The topological polar surface area (TPSA) is 88.4 Å². The Balaban J connectivity index is 2.24. The fourth-order valence-corrected chi connectivity index (χ4v) is 2.42. The SMILES string of the molecule is COc1cc(/C=C(/C#N)C(=O)Nc2ccc(I)cc2)ccc1OC(C)=O. The Morgan fingerprint density at radius 2 is 1.85 bits per heavy atom. The van der Waals surface area contributed by atoms with Crippen LogP contribution >= 0.6 is 22.6 Å². The molecule has 0 aliphatic rings. The number of nitriles is 1. The summed E-state index contributed by atoms with van der Waals surface area (Å²) < 4.78 is 11.2. The number of benzene rings is 2. The van der Waals surface area contributed by atoms with Gasteiger partial charge in [0, 0.05) is 16.2 Å². The molecule has 0 fully saturated rings. The number of carbonyl (C=O) groups excluding carboxylic acids is 2. The number of nitrogens with zero attached hydrogens (tertiary/aromatic N) is 1. The second-order valence-corrected chi connectivity index (χ2v) is 6.38. The average molecular weight is 462 g/mol. The molecule has 2 aromatic carbocycles. The van der Waals surface area contributed by atoms with Gasteiger partial charge in [0.05, 0.1) is 7.11 Å². The van der Waals surface area contributed by atoms with E-state index in [9.17, 15) is 14.9 Å². The molecule has 0 aromatic heterocycles. The van der Waals surface area contributed by atoms with Crippen molar-refractivity contribution in [3.8, 4) is 17.6 Å². The molecule has 0 saturated heterocycles. The van der Waals surface area contributed by atoms with E-state index in [2.05, 4.69) is 27.9 Å². The maximum Gasteiger partial charge on any atom is 0.308 e. The van der Waals surface area contributed by atoms with Gasteiger partial charge in [0.25, 0.3) is 5.91 Å². The third kappa shape index (κ3) is 5.32. The third-order valence-corrected chi connectivity index (χ3v) is 3.94. The molecule has 26 heavy (non-hydrogen) atoms. The minimum atomic E-state index is -0.517. The summed E-state index contributed by atoms with van der Waals surface area (Å²) in [4.78, 5) is 23.4. The van der Waals surface area contributed by atoms with E-state index in [0.717, 1.165) is 3.57 Å². The van der Waals surface area contributed by atoms with Crippen LogP contribution < -0.4 is 14.8 Å². The molecule has 2 rings (SSSR count). The lowest BCUT2D eigenvalue weighted by Gasteiger charge is -2.09. The number of hydrogen-bond acceptors (Lipinski definition) is 5. The van der Waals surface area contributed by atoms with Crippen LogP contribution in [0.5, 0.6) is 11.5 Å². The summed E-state index contributed by atoms with van der Waals surface area (Å²) in [7, 11) is 1.44. The van der Waals surface area contributed by atoms with Crippen molar-refractivity contribution in [3.63, 3.8) is 0 Å². The lowest BCUT2D eigenvalue weighted by Crippen LogP contribution is -2.13. The summed E-state index contributed by atoms with van der Waals surface area (Å²) in [5.41, 5.74) is 1.09. The zero-order chi connectivity index (χ0) is 19.1. The monoisotopic (exact) mass is 462 g/mol. The highest BCUT2D eigenvalue weighted by Crippen LogP contribution is 2.29. The number of amides is 1. The standard InChI is InChI=1S/C19H15IN2O4/c1-12(23)26-17-8-3-13(10-18(17)25-2)9-14(11-21)19(24)22-16-6-4-15(20)5-7-16/h3-10H,1-2H3,(H,22,24)/b14-9-. The first-order valence-electron chi connectivity index (χ1n) is 7.48. The Hall–Kier alpha value is -2.86. The molecule has 132 valence electrons. The van der Waals surface area contributed by atoms with Crippen molar-refractivity contribution in [3.05, 3.63) is 57.2 Å².